The van der Waals surface area contributed by atoms with Gasteiger partial charge in [-0.15, -0.1) is 0 Å². The number of hydrogen-bond donors (Lipinski definition) is 0. The molecule has 0 N–H and O–H groups in total. The van der Waals surface area contributed by atoms with Crippen molar-refractivity contribution in [2.45, 2.75) is 58.5 Å². The largest absolute Gasteiger partial charge is 0.463 e. The van der Waals surface area contributed by atoms with Crippen molar-refractivity contribution < 1.29 is 18.4 Å². The van der Waals surface area contributed by atoms with Gasteiger partial charge in [-0.2, -0.15) is 0 Å². The van der Waals surface area contributed by atoms with Gasteiger partial charge in [0.1, 0.15) is 0 Å². The average molecular weight is 302 g/mol. The fourth-order valence-corrected chi connectivity index (χ4v) is 5.49. The minimum Gasteiger partial charge on any atom is -0.463 e. The van der Waals surface area contributed by atoms with E-state index in [9.17, 15) is 4.79 Å². The zero-order valence-electron chi connectivity index (χ0n) is 13.3. The van der Waals surface area contributed by atoms with E-state index < -0.39 is 8.56 Å². The lowest BCUT2D eigenvalue weighted by atomic mass is 10.5. The number of hydrogen-bond acceptors (Lipinski definition) is 4. The third-order valence-corrected chi connectivity index (χ3v) is 6.72. The smallest absolute Gasteiger partial charge is 0.338 e. The molecule has 0 aromatic heterocycles. The predicted molar refractivity (Wildman–Crippen MR) is 83.9 cm³/mol. The molecule has 0 heterocycles. The lowest BCUT2D eigenvalue weighted by molar-refractivity contribution is -0.137. The van der Waals surface area contributed by atoms with Crippen LogP contribution in [0.5, 0.6) is 0 Å². The van der Waals surface area contributed by atoms with Gasteiger partial charge in [-0.25, -0.2) is 4.79 Å². The van der Waals surface area contributed by atoms with E-state index in [1.165, 1.54) is 6.08 Å². The Morgan fingerprint density at radius 1 is 1.00 bits per heavy atom. The van der Waals surface area contributed by atoms with Gasteiger partial charge in [0.15, 0.2) is 0 Å². The molecular formula is C15H30O4Si. The first-order chi connectivity index (χ1) is 9.64. The van der Waals surface area contributed by atoms with Crippen molar-refractivity contribution in [1.29, 1.82) is 0 Å². The summed E-state index contributed by atoms with van der Waals surface area (Å²) >= 11 is 0. The van der Waals surface area contributed by atoms with Crippen molar-refractivity contribution in [2.75, 3.05) is 19.8 Å². The van der Waals surface area contributed by atoms with Gasteiger partial charge in [0.25, 0.3) is 0 Å². The highest BCUT2D eigenvalue weighted by molar-refractivity contribution is 6.67. The van der Waals surface area contributed by atoms with Gasteiger partial charge in [0.05, 0.1) is 6.61 Å². The number of ether oxygens (including phenoxy) is 1. The molecule has 5 heteroatoms. The first-order valence-electron chi connectivity index (χ1n) is 7.71. The van der Waals surface area contributed by atoms with Gasteiger partial charge in [0, 0.05) is 19.3 Å². The molecule has 0 aromatic carbocycles. The molecule has 0 rings (SSSR count). The molecule has 4 nitrogen and oxygen atoms in total. The quantitative estimate of drug-likeness (QED) is 0.225. The third-order valence-electron chi connectivity index (χ3n) is 2.88. The Morgan fingerprint density at radius 3 is 2.05 bits per heavy atom. The van der Waals surface area contributed by atoms with Crippen LogP contribution in [-0.4, -0.2) is 34.4 Å². The van der Waals surface area contributed by atoms with Crippen LogP contribution in [0, 0.1) is 0 Å². The van der Waals surface area contributed by atoms with E-state index in [0.717, 1.165) is 51.0 Å². The zero-order valence-corrected chi connectivity index (χ0v) is 14.3. The molecule has 0 saturated carbocycles. The number of rotatable bonds is 13. The monoisotopic (exact) mass is 302 g/mol. The third kappa shape index (κ3) is 8.50. The van der Waals surface area contributed by atoms with Crippen LogP contribution in [0.3, 0.4) is 0 Å². The first kappa shape index (κ1) is 19.3. The van der Waals surface area contributed by atoms with Gasteiger partial charge in [0.2, 0.25) is 0 Å². The standard InChI is InChI=1S/C15H30O4Si/c1-5-10-18-20(13-7-3,19-11-6-2)14-9-12-17-15(16)8-4/h8H,4-7,9-14H2,1-3H3. The Kier molecular flexibility index (Phi) is 11.7. The lowest BCUT2D eigenvalue weighted by Gasteiger charge is -2.30. The highest BCUT2D eigenvalue weighted by Gasteiger charge is 2.35. The van der Waals surface area contributed by atoms with E-state index >= 15 is 0 Å². The maximum atomic E-state index is 11.0. The van der Waals surface area contributed by atoms with Gasteiger partial charge < -0.3 is 13.6 Å². The van der Waals surface area contributed by atoms with Gasteiger partial charge >= 0.3 is 14.5 Å². The van der Waals surface area contributed by atoms with Crippen LogP contribution in [0.25, 0.3) is 0 Å². The molecule has 0 aliphatic carbocycles. The second-order valence-corrected chi connectivity index (χ2v) is 8.23. The van der Waals surface area contributed by atoms with Crippen molar-refractivity contribution >= 4 is 14.5 Å². The maximum Gasteiger partial charge on any atom is 0.338 e. The van der Waals surface area contributed by atoms with Crippen molar-refractivity contribution in [3.63, 3.8) is 0 Å². The number of esters is 1. The molecular weight excluding hydrogens is 272 g/mol. The minimum absolute atomic E-state index is 0.364. The molecule has 20 heavy (non-hydrogen) atoms. The van der Waals surface area contributed by atoms with E-state index in [4.69, 9.17) is 13.6 Å². The summed E-state index contributed by atoms with van der Waals surface area (Å²) in [4.78, 5) is 11.0. The zero-order chi connectivity index (χ0) is 15.3. The van der Waals surface area contributed by atoms with Crippen LogP contribution in [0.15, 0.2) is 12.7 Å². The highest BCUT2D eigenvalue weighted by Crippen LogP contribution is 2.23. The number of carbonyl (C=O) groups is 1. The molecule has 0 amide bonds. The van der Waals surface area contributed by atoms with Crippen LogP contribution >= 0.6 is 0 Å². The summed E-state index contributed by atoms with van der Waals surface area (Å²) in [6.45, 7) is 11.7. The summed E-state index contributed by atoms with van der Waals surface area (Å²) < 4.78 is 17.2. The summed E-state index contributed by atoms with van der Waals surface area (Å²) in [5, 5.41) is 0. The van der Waals surface area contributed by atoms with Gasteiger partial charge in [-0.05, 0) is 31.4 Å². The van der Waals surface area contributed by atoms with E-state index in [2.05, 4.69) is 27.4 Å². The molecule has 0 fully saturated rings. The van der Waals surface area contributed by atoms with E-state index in [1.807, 2.05) is 0 Å². The molecule has 0 radical (unpaired) electrons. The maximum absolute atomic E-state index is 11.0. The Labute approximate surface area is 124 Å². The Morgan fingerprint density at radius 2 is 1.60 bits per heavy atom. The SMILES string of the molecule is C=CC(=O)OCCC[Si](CCC)(OCCC)OCCC. The van der Waals surface area contributed by atoms with Crippen LogP contribution in [0.1, 0.15) is 46.5 Å². The van der Waals surface area contributed by atoms with E-state index in [-0.39, 0.29) is 5.97 Å². The predicted octanol–water partition coefficient (Wildman–Crippen LogP) is 3.81. The second kappa shape index (κ2) is 12.1. The topological polar surface area (TPSA) is 44.8 Å². The molecule has 0 unspecified atom stereocenters. The average Bonchev–Trinajstić information content (AvgIpc) is 2.47. The lowest BCUT2D eigenvalue weighted by Crippen LogP contribution is -2.42. The number of carbonyl (C=O) groups excluding carboxylic acids is 1. The normalized spacial score (nSPS) is 11.3. The summed E-state index contributed by atoms with van der Waals surface area (Å²) in [6.07, 6.45) is 5.04. The molecule has 0 aliphatic rings. The van der Waals surface area contributed by atoms with Crippen LogP contribution in [0.2, 0.25) is 12.1 Å². The van der Waals surface area contributed by atoms with Crippen LogP contribution in [0.4, 0.5) is 0 Å². The summed E-state index contributed by atoms with van der Waals surface area (Å²) in [6, 6.07) is 1.88. The second-order valence-electron chi connectivity index (χ2n) is 4.83. The van der Waals surface area contributed by atoms with Gasteiger partial charge in [-0.1, -0.05) is 33.8 Å². The van der Waals surface area contributed by atoms with Gasteiger partial charge in [-0.3, -0.25) is 0 Å². The van der Waals surface area contributed by atoms with Crippen LogP contribution in [-0.2, 0) is 18.4 Å². The molecule has 0 aromatic rings. The fourth-order valence-electron chi connectivity index (χ4n) is 1.99. The summed E-state index contributed by atoms with van der Waals surface area (Å²) in [5.41, 5.74) is 0. The van der Waals surface area contributed by atoms with Crippen molar-refractivity contribution in [3.8, 4) is 0 Å². The molecule has 0 atom stereocenters. The van der Waals surface area contributed by atoms with Crippen molar-refractivity contribution in [1.82, 2.24) is 0 Å². The molecule has 118 valence electrons. The minimum atomic E-state index is -2.14. The highest BCUT2D eigenvalue weighted by atomic mass is 28.4. The Balaban J connectivity index is 4.37. The van der Waals surface area contributed by atoms with E-state index in [0.29, 0.717) is 6.61 Å². The van der Waals surface area contributed by atoms with Crippen LogP contribution < -0.4 is 0 Å². The summed E-state index contributed by atoms with van der Waals surface area (Å²) in [5.74, 6) is -0.364. The molecule has 0 saturated heterocycles. The Hall–Kier alpha value is -0.653. The van der Waals surface area contributed by atoms with Crippen molar-refractivity contribution in [2.24, 2.45) is 0 Å². The fraction of sp³-hybridized carbons (Fsp3) is 0.800. The van der Waals surface area contributed by atoms with E-state index in [1.54, 1.807) is 0 Å². The summed E-state index contributed by atoms with van der Waals surface area (Å²) in [7, 11) is -2.14. The Bertz CT molecular complexity index is 261. The molecule has 0 aliphatic heterocycles. The first-order valence-corrected chi connectivity index (χ1v) is 9.94. The molecule has 0 bridgehead atoms. The molecule has 0 spiro atoms. The van der Waals surface area contributed by atoms with Crippen molar-refractivity contribution in [3.05, 3.63) is 12.7 Å².